The van der Waals surface area contributed by atoms with Crippen molar-refractivity contribution in [3.8, 4) is 0 Å². The summed E-state index contributed by atoms with van der Waals surface area (Å²) in [5.41, 5.74) is -0.750. The van der Waals surface area contributed by atoms with Crippen LogP contribution in [0.25, 0.3) is 0 Å². The van der Waals surface area contributed by atoms with Gasteiger partial charge in [0, 0.05) is 5.92 Å². The van der Waals surface area contributed by atoms with E-state index in [-0.39, 0.29) is 0 Å². The van der Waals surface area contributed by atoms with Crippen molar-refractivity contribution in [1.29, 1.82) is 0 Å². The highest BCUT2D eigenvalue weighted by Crippen LogP contribution is 2.39. The van der Waals surface area contributed by atoms with Gasteiger partial charge in [-0.25, -0.2) is 0 Å². The summed E-state index contributed by atoms with van der Waals surface area (Å²) in [7, 11) is 0. The molecule has 6 nitrogen and oxygen atoms in total. The number of aliphatic carboxylic acids is 1. The number of carboxylic acid groups (broad SMARTS) is 1. The molecule has 1 saturated carbocycles. The fourth-order valence-corrected chi connectivity index (χ4v) is 2.96. The van der Waals surface area contributed by atoms with Crippen molar-refractivity contribution in [2.75, 3.05) is 6.54 Å². The Bertz CT molecular complexity index is 483. The molecule has 19 heavy (non-hydrogen) atoms. The van der Waals surface area contributed by atoms with E-state index in [4.69, 9.17) is 4.52 Å². The van der Waals surface area contributed by atoms with Crippen LogP contribution in [-0.2, 0) is 11.3 Å². The molecule has 1 N–H and O–H groups in total. The van der Waals surface area contributed by atoms with Crippen LogP contribution < -0.4 is 0 Å². The molecule has 104 valence electrons. The van der Waals surface area contributed by atoms with Crippen LogP contribution in [0.4, 0.5) is 0 Å². The number of nitrogens with zero attached hydrogens (tertiary/aromatic N) is 3. The molecule has 2 heterocycles. The van der Waals surface area contributed by atoms with E-state index in [1.54, 1.807) is 0 Å². The number of hydrogen-bond acceptors (Lipinski definition) is 5. The fourth-order valence-electron chi connectivity index (χ4n) is 2.96. The van der Waals surface area contributed by atoms with Crippen molar-refractivity contribution in [3.05, 3.63) is 11.7 Å². The average Bonchev–Trinajstić information content (AvgIpc) is 3.00. The molecule has 1 aromatic heterocycles. The van der Waals surface area contributed by atoms with E-state index in [9.17, 15) is 9.90 Å². The average molecular weight is 265 g/mol. The molecule has 1 aliphatic heterocycles. The Kier molecular flexibility index (Phi) is 3.05. The molecule has 0 bridgehead atoms. The Balaban J connectivity index is 1.75. The summed E-state index contributed by atoms with van der Waals surface area (Å²) in [6, 6.07) is 0. The largest absolute Gasteiger partial charge is 0.480 e. The lowest BCUT2D eigenvalue weighted by atomic mass is 9.93. The van der Waals surface area contributed by atoms with Gasteiger partial charge in [-0.1, -0.05) is 12.1 Å². The highest BCUT2D eigenvalue weighted by atomic mass is 16.5. The van der Waals surface area contributed by atoms with Gasteiger partial charge in [-0.05, 0) is 38.6 Å². The van der Waals surface area contributed by atoms with E-state index in [0.29, 0.717) is 37.0 Å². The second-order valence-electron chi connectivity index (χ2n) is 5.54. The molecule has 1 aliphatic carbocycles. The van der Waals surface area contributed by atoms with Crippen LogP contribution >= 0.6 is 0 Å². The maximum Gasteiger partial charge on any atom is 0.324 e. The number of hydrogen-bond donors (Lipinski definition) is 1. The summed E-state index contributed by atoms with van der Waals surface area (Å²) in [5, 5.41) is 13.5. The first-order chi connectivity index (χ1) is 9.15. The molecule has 2 aliphatic rings. The maximum absolute atomic E-state index is 11.6. The van der Waals surface area contributed by atoms with E-state index < -0.39 is 11.5 Å². The van der Waals surface area contributed by atoms with E-state index in [1.165, 1.54) is 0 Å². The van der Waals surface area contributed by atoms with Gasteiger partial charge < -0.3 is 9.63 Å². The first-order valence-corrected chi connectivity index (χ1v) is 6.96. The van der Waals surface area contributed by atoms with Gasteiger partial charge in [0.25, 0.3) is 0 Å². The van der Waals surface area contributed by atoms with Crippen LogP contribution in [0.15, 0.2) is 4.52 Å². The van der Waals surface area contributed by atoms with Crippen molar-refractivity contribution in [1.82, 2.24) is 15.0 Å². The lowest BCUT2D eigenvalue weighted by Gasteiger charge is -2.32. The summed E-state index contributed by atoms with van der Waals surface area (Å²) in [4.78, 5) is 17.9. The summed E-state index contributed by atoms with van der Waals surface area (Å²) >= 11 is 0. The van der Waals surface area contributed by atoms with Gasteiger partial charge in [0.05, 0.1) is 6.54 Å². The van der Waals surface area contributed by atoms with E-state index in [0.717, 1.165) is 25.8 Å². The summed E-state index contributed by atoms with van der Waals surface area (Å²) in [5.74, 6) is 1.03. The molecule has 3 rings (SSSR count). The zero-order valence-corrected chi connectivity index (χ0v) is 11.1. The van der Waals surface area contributed by atoms with Gasteiger partial charge in [-0.15, -0.1) is 0 Å². The minimum atomic E-state index is -0.750. The Morgan fingerprint density at radius 2 is 2.37 bits per heavy atom. The van der Waals surface area contributed by atoms with Crippen LogP contribution in [0, 0.1) is 0 Å². The van der Waals surface area contributed by atoms with Gasteiger partial charge in [0.15, 0.2) is 5.82 Å². The summed E-state index contributed by atoms with van der Waals surface area (Å²) < 4.78 is 5.23. The Morgan fingerprint density at radius 1 is 1.58 bits per heavy atom. The second kappa shape index (κ2) is 4.59. The third-order valence-electron chi connectivity index (χ3n) is 4.35. The maximum atomic E-state index is 11.6. The molecule has 1 atom stereocenters. The molecular formula is C13H19N3O3. The number of rotatable bonds is 5. The smallest absolute Gasteiger partial charge is 0.324 e. The molecule has 0 radical (unpaired) electrons. The quantitative estimate of drug-likeness (QED) is 0.874. The van der Waals surface area contributed by atoms with Crippen molar-refractivity contribution < 1.29 is 14.4 Å². The van der Waals surface area contributed by atoms with Crippen molar-refractivity contribution in [3.63, 3.8) is 0 Å². The minimum absolute atomic E-state index is 0.440. The van der Waals surface area contributed by atoms with Crippen molar-refractivity contribution in [2.24, 2.45) is 0 Å². The zero-order valence-electron chi connectivity index (χ0n) is 11.1. The normalized spacial score (nSPS) is 27.8. The molecule has 2 fully saturated rings. The topological polar surface area (TPSA) is 79.5 Å². The first-order valence-electron chi connectivity index (χ1n) is 6.96. The third kappa shape index (κ3) is 2.14. The molecule has 0 amide bonds. The Morgan fingerprint density at radius 3 is 3.00 bits per heavy atom. The van der Waals surface area contributed by atoms with Gasteiger partial charge in [-0.2, -0.15) is 4.98 Å². The Labute approximate surface area is 111 Å². The predicted molar refractivity (Wildman–Crippen MR) is 66.6 cm³/mol. The molecule has 1 aromatic rings. The highest BCUT2D eigenvalue weighted by Gasteiger charge is 2.46. The standard InChI is InChI=1S/C13H19N3O3/c1-2-13(12(17)18)6-3-7-16(13)8-10-14-11(19-15-10)9-4-5-9/h9H,2-8H2,1H3,(H,17,18). The number of aromatic nitrogens is 2. The number of likely N-dealkylation sites (tertiary alicyclic amines) is 1. The lowest BCUT2D eigenvalue weighted by Crippen LogP contribution is -2.49. The second-order valence-corrected chi connectivity index (χ2v) is 5.54. The predicted octanol–water partition coefficient (Wildman–Crippen LogP) is 1.78. The van der Waals surface area contributed by atoms with Crippen LogP contribution in [0.3, 0.4) is 0 Å². The van der Waals surface area contributed by atoms with Crippen LogP contribution in [0.5, 0.6) is 0 Å². The van der Waals surface area contributed by atoms with E-state index in [2.05, 4.69) is 10.1 Å². The highest BCUT2D eigenvalue weighted by molar-refractivity contribution is 5.79. The van der Waals surface area contributed by atoms with Crippen molar-refractivity contribution in [2.45, 2.75) is 57.0 Å². The molecular weight excluding hydrogens is 246 g/mol. The van der Waals surface area contributed by atoms with Gasteiger partial charge in [0.1, 0.15) is 5.54 Å². The molecule has 6 heteroatoms. The van der Waals surface area contributed by atoms with Gasteiger partial charge in [0.2, 0.25) is 5.89 Å². The van der Waals surface area contributed by atoms with Crippen molar-refractivity contribution >= 4 is 5.97 Å². The molecule has 1 saturated heterocycles. The Hall–Kier alpha value is -1.43. The third-order valence-corrected chi connectivity index (χ3v) is 4.35. The molecule has 1 unspecified atom stereocenters. The number of carbonyl (C=O) groups is 1. The van der Waals surface area contributed by atoms with Gasteiger partial charge in [-0.3, -0.25) is 9.69 Å². The fraction of sp³-hybridized carbons (Fsp3) is 0.769. The molecule has 0 aromatic carbocycles. The number of carboxylic acids is 1. The summed E-state index contributed by atoms with van der Waals surface area (Å²) in [6.07, 6.45) is 4.47. The SMILES string of the molecule is CCC1(C(=O)O)CCCN1Cc1noc(C2CC2)n1. The lowest BCUT2D eigenvalue weighted by molar-refractivity contribution is -0.150. The summed E-state index contributed by atoms with van der Waals surface area (Å²) in [6.45, 7) is 3.18. The van der Waals surface area contributed by atoms with E-state index in [1.807, 2.05) is 11.8 Å². The van der Waals surface area contributed by atoms with Crippen LogP contribution in [0.1, 0.15) is 56.7 Å². The van der Waals surface area contributed by atoms with E-state index >= 15 is 0 Å². The zero-order chi connectivity index (χ0) is 13.5. The minimum Gasteiger partial charge on any atom is -0.480 e. The van der Waals surface area contributed by atoms with Crippen LogP contribution in [0.2, 0.25) is 0 Å². The van der Waals surface area contributed by atoms with Gasteiger partial charge >= 0.3 is 5.97 Å². The monoisotopic (exact) mass is 265 g/mol. The molecule has 0 spiro atoms. The first kappa shape index (κ1) is 12.6. The van der Waals surface area contributed by atoms with Crippen LogP contribution in [-0.4, -0.2) is 38.2 Å².